The monoisotopic (exact) mass is 210 g/mol. The van der Waals surface area contributed by atoms with Crippen LogP contribution in [-0.4, -0.2) is 22.7 Å². The van der Waals surface area contributed by atoms with Crippen LogP contribution in [0.2, 0.25) is 0 Å². The molecule has 0 atom stereocenters. The quantitative estimate of drug-likeness (QED) is 0.699. The lowest BCUT2D eigenvalue weighted by molar-refractivity contribution is -0.146. The summed E-state index contributed by atoms with van der Waals surface area (Å²) in [5.41, 5.74) is -0.629. The van der Waals surface area contributed by atoms with Gasteiger partial charge in [0.2, 0.25) is 5.89 Å². The van der Waals surface area contributed by atoms with E-state index in [-0.39, 0.29) is 5.97 Å². The van der Waals surface area contributed by atoms with Crippen molar-refractivity contribution in [2.45, 2.75) is 38.5 Å². The third-order valence-electron chi connectivity index (χ3n) is 2.61. The van der Waals surface area contributed by atoms with Crippen LogP contribution in [0.25, 0.3) is 0 Å². The smallest absolute Gasteiger partial charge is 0.321 e. The Morgan fingerprint density at radius 1 is 1.53 bits per heavy atom. The Kier molecular flexibility index (Phi) is 2.46. The van der Waals surface area contributed by atoms with Gasteiger partial charge in [-0.15, -0.1) is 0 Å². The molecule has 0 spiro atoms. The van der Waals surface area contributed by atoms with E-state index in [1.807, 2.05) is 6.92 Å². The molecule has 1 saturated carbocycles. The van der Waals surface area contributed by atoms with Crippen molar-refractivity contribution >= 4 is 5.97 Å². The fraction of sp³-hybridized carbons (Fsp3) is 0.700. The third kappa shape index (κ3) is 1.62. The van der Waals surface area contributed by atoms with Crippen LogP contribution in [0.15, 0.2) is 4.52 Å². The van der Waals surface area contributed by atoms with E-state index < -0.39 is 5.41 Å². The first-order chi connectivity index (χ1) is 7.23. The predicted molar refractivity (Wildman–Crippen MR) is 51.2 cm³/mol. The van der Waals surface area contributed by atoms with Gasteiger partial charge < -0.3 is 9.26 Å². The summed E-state index contributed by atoms with van der Waals surface area (Å²) >= 11 is 0. The van der Waals surface area contributed by atoms with E-state index in [4.69, 9.17) is 9.26 Å². The van der Waals surface area contributed by atoms with Crippen LogP contribution in [0.1, 0.15) is 38.4 Å². The van der Waals surface area contributed by atoms with E-state index in [1.165, 1.54) is 0 Å². The molecule has 1 aromatic heterocycles. The lowest BCUT2D eigenvalue weighted by atomic mass is 10.1. The molecule has 0 aromatic carbocycles. The normalized spacial score (nSPS) is 17.5. The summed E-state index contributed by atoms with van der Waals surface area (Å²) in [7, 11) is 0. The molecule has 15 heavy (non-hydrogen) atoms. The van der Waals surface area contributed by atoms with Crippen molar-refractivity contribution in [3.63, 3.8) is 0 Å². The molecule has 1 aliphatic carbocycles. The molecule has 0 radical (unpaired) electrons. The maximum atomic E-state index is 11.7. The number of nitrogens with zero attached hydrogens (tertiary/aromatic N) is 2. The van der Waals surface area contributed by atoms with Crippen LogP contribution in [0, 0.1) is 0 Å². The molecule has 1 aliphatic rings. The van der Waals surface area contributed by atoms with Gasteiger partial charge in [0, 0.05) is 6.42 Å². The van der Waals surface area contributed by atoms with Gasteiger partial charge in [-0.3, -0.25) is 4.79 Å². The minimum atomic E-state index is -0.629. The van der Waals surface area contributed by atoms with Gasteiger partial charge in [0.1, 0.15) is 5.41 Å². The van der Waals surface area contributed by atoms with Crippen molar-refractivity contribution in [2.75, 3.05) is 6.61 Å². The summed E-state index contributed by atoms with van der Waals surface area (Å²) in [5.74, 6) is 0.815. The maximum Gasteiger partial charge on any atom is 0.321 e. The number of aromatic nitrogens is 2. The lowest BCUT2D eigenvalue weighted by Crippen LogP contribution is -2.23. The Morgan fingerprint density at radius 2 is 2.27 bits per heavy atom. The summed E-state index contributed by atoms with van der Waals surface area (Å²) in [4.78, 5) is 15.9. The summed E-state index contributed by atoms with van der Waals surface area (Å²) in [6.07, 6.45) is 2.21. The van der Waals surface area contributed by atoms with Crippen LogP contribution in [0.5, 0.6) is 0 Å². The van der Waals surface area contributed by atoms with Gasteiger partial charge in [0.15, 0.2) is 5.82 Å². The lowest BCUT2D eigenvalue weighted by Gasteiger charge is -2.07. The summed E-state index contributed by atoms with van der Waals surface area (Å²) in [5, 5.41) is 3.79. The van der Waals surface area contributed by atoms with E-state index in [2.05, 4.69) is 10.1 Å². The zero-order valence-electron chi connectivity index (χ0n) is 8.95. The molecule has 0 saturated heterocycles. The molecule has 1 fully saturated rings. The number of hydrogen-bond acceptors (Lipinski definition) is 5. The number of carbonyl (C=O) groups is 1. The summed E-state index contributed by atoms with van der Waals surface area (Å²) < 4.78 is 10.1. The zero-order chi connectivity index (χ0) is 10.9. The van der Waals surface area contributed by atoms with Gasteiger partial charge >= 0.3 is 5.97 Å². The average Bonchev–Trinajstić information content (AvgIpc) is 2.91. The topological polar surface area (TPSA) is 65.2 Å². The Hall–Kier alpha value is -1.39. The SMILES string of the molecule is CCOC(=O)C1(c2nc(CC)no2)CC1. The fourth-order valence-corrected chi connectivity index (χ4v) is 1.49. The van der Waals surface area contributed by atoms with Crippen molar-refractivity contribution in [3.05, 3.63) is 11.7 Å². The van der Waals surface area contributed by atoms with Gasteiger partial charge in [0.05, 0.1) is 6.61 Å². The Labute approximate surface area is 87.8 Å². The molecular weight excluding hydrogens is 196 g/mol. The number of ether oxygens (including phenoxy) is 1. The highest BCUT2D eigenvalue weighted by atomic mass is 16.5. The van der Waals surface area contributed by atoms with Gasteiger partial charge in [-0.2, -0.15) is 4.98 Å². The van der Waals surface area contributed by atoms with Crippen LogP contribution >= 0.6 is 0 Å². The number of carbonyl (C=O) groups excluding carboxylic acids is 1. The standard InChI is InChI=1S/C10H14N2O3/c1-3-7-11-8(15-12-7)10(5-6-10)9(13)14-4-2/h3-6H2,1-2H3. The maximum absolute atomic E-state index is 11.7. The van der Waals surface area contributed by atoms with Gasteiger partial charge in [-0.1, -0.05) is 12.1 Å². The van der Waals surface area contributed by atoms with Crippen molar-refractivity contribution in [3.8, 4) is 0 Å². The highest BCUT2D eigenvalue weighted by molar-refractivity contribution is 5.85. The number of rotatable bonds is 4. The van der Waals surface area contributed by atoms with Crippen molar-refractivity contribution in [2.24, 2.45) is 0 Å². The van der Waals surface area contributed by atoms with E-state index >= 15 is 0 Å². The summed E-state index contributed by atoms with van der Waals surface area (Å²) in [6, 6.07) is 0. The van der Waals surface area contributed by atoms with Gasteiger partial charge in [0.25, 0.3) is 0 Å². The van der Waals surface area contributed by atoms with Crippen molar-refractivity contribution in [1.29, 1.82) is 0 Å². The molecule has 2 rings (SSSR count). The Morgan fingerprint density at radius 3 is 2.73 bits per heavy atom. The molecule has 0 aliphatic heterocycles. The van der Waals surface area contributed by atoms with Crippen LogP contribution in [0.4, 0.5) is 0 Å². The van der Waals surface area contributed by atoms with E-state index in [9.17, 15) is 4.79 Å². The summed E-state index contributed by atoms with van der Waals surface area (Å²) in [6.45, 7) is 4.12. The average molecular weight is 210 g/mol. The Balaban J connectivity index is 2.18. The van der Waals surface area contributed by atoms with Gasteiger partial charge in [-0.05, 0) is 19.8 Å². The first-order valence-electron chi connectivity index (χ1n) is 5.23. The van der Waals surface area contributed by atoms with Crippen LogP contribution in [-0.2, 0) is 21.4 Å². The molecule has 1 heterocycles. The molecule has 82 valence electrons. The number of aryl methyl sites for hydroxylation is 1. The van der Waals surface area contributed by atoms with Crippen molar-refractivity contribution in [1.82, 2.24) is 10.1 Å². The number of esters is 1. The molecule has 0 unspecified atom stereocenters. The second-order valence-electron chi connectivity index (χ2n) is 3.67. The molecule has 5 nitrogen and oxygen atoms in total. The van der Waals surface area contributed by atoms with Crippen LogP contribution in [0.3, 0.4) is 0 Å². The largest absolute Gasteiger partial charge is 0.465 e. The van der Waals surface area contributed by atoms with Crippen LogP contribution < -0.4 is 0 Å². The highest BCUT2D eigenvalue weighted by Crippen LogP contribution is 2.48. The minimum Gasteiger partial charge on any atom is -0.465 e. The molecule has 5 heteroatoms. The molecule has 0 amide bonds. The fourth-order valence-electron chi connectivity index (χ4n) is 1.49. The zero-order valence-corrected chi connectivity index (χ0v) is 8.95. The molecular formula is C10H14N2O3. The number of hydrogen-bond donors (Lipinski definition) is 0. The second-order valence-corrected chi connectivity index (χ2v) is 3.67. The van der Waals surface area contributed by atoms with Crippen molar-refractivity contribution < 1.29 is 14.1 Å². The Bertz CT molecular complexity index is 368. The highest BCUT2D eigenvalue weighted by Gasteiger charge is 2.57. The first kappa shape index (κ1) is 10.1. The van der Waals surface area contributed by atoms with Gasteiger partial charge in [-0.25, -0.2) is 0 Å². The predicted octanol–water partition coefficient (Wildman–Crippen LogP) is 1.23. The van der Waals surface area contributed by atoms with E-state index in [0.29, 0.717) is 24.7 Å². The third-order valence-corrected chi connectivity index (χ3v) is 2.61. The molecule has 1 aromatic rings. The molecule has 0 bridgehead atoms. The minimum absolute atomic E-state index is 0.240. The molecule has 0 N–H and O–H groups in total. The first-order valence-corrected chi connectivity index (χ1v) is 5.23. The van der Waals surface area contributed by atoms with E-state index in [1.54, 1.807) is 6.92 Å². The van der Waals surface area contributed by atoms with E-state index in [0.717, 1.165) is 12.8 Å². The second kappa shape index (κ2) is 3.64.